The third-order valence-corrected chi connectivity index (χ3v) is 7.05. The molecule has 4 rings (SSSR count). The van der Waals surface area contributed by atoms with Gasteiger partial charge in [-0.2, -0.15) is 5.10 Å². The average molecular weight is 457 g/mol. The lowest BCUT2D eigenvalue weighted by Crippen LogP contribution is -2.64. The molecule has 0 radical (unpaired) electrons. The Labute approximate surface area is 195 Å². The summed E-state index contributed by atoms with van der Waals surface area (Å²) in [6, 6.07) is 9.50. The minimum absolute atomic E-state index is 0.105. The Balaban J connectivity index is 1.68. The highest BCUT2D eigenvalue weighted by Crippen LogP contribution is 2.31. The van der Waals surface area contributed by atoms with E-state index >= 15 is 0 Å². The predicted octanol–water partition coefficient (Wildman–Crippen LogP) is 4.91. The number of fused-ring (bicyclic) bond motifs is 1. The van der Waals surface area contributed by atoms with Gasteiger partial charge in [0.2, 0.25) is 5.91 Å². The Bertz CT molecular complexity index is 994. The summed E-state index contributed by atoms with van der Waals surface area (Å²) in [5.41, 5.74) is 1.26. The fourth-order valence-corrected chi connectivity index (χ4v) is 4.99. The smallest absolute Gasteiger partial charge is 0.273 e. The Hall–Kier alpha value is -2.34. The second kappa shape index (κ2) is 9.26. The first kappa shape index (κ1) is 22.8. The maximum atomic E-state index is 13.7. The third kappa shape index (κ3) is 4.56. The van der Waals surface area contributed by atoms with Crippen LogP contribution in [0.4, 0.5) is 0 Å². The van der Waals surface area contributed by atoms with Gasteiger partial charge in [0.15, 0.2) is 0 Å². The molecule has 2 aliphatic rings. The largest absolute Gasteiger partial charge is 0.351 e. The second-order valence-electron chi connectivity index (χ2n) is 9.72. The first-order chi connectivity index (χ1) is 15.3. The molecule has 2 aromatic rings. The van der Waals surface area contributed by atoms with Gasteiger partial charge in [-0.25, -0.2) is 0 Å². The van der Waals surface area contributed by atoms with Crippen LogP contribution in [0.1, 0.15) is 87.0 Å². The minimum atomic E-state index is -1.04. The Kier molecular flexibility index (Phi) is 6.61. The van der Waals surface area contributed by atoms with Crippen LogP contribution in [-0.4, -0.2) is 38.1 Å². The summed E-state index contributed by atoms with van der Waals surface area (Å²) >= 11 is 6.20. The standard InChI is InChI=1S/C25H33ClN4O2/c1-17(2)21-14-22-23(31)29(15-18-9-8-10-19(26)13-18)25(3,16-30(22)28-21)24(32)27-20-11-6-4-5-7-12-20/h8-10,13-14,17,20H,4-7,11-12,15-16H2,1-3H3,(H,27,32)/t25-/m1/s1. The molecule has 1 aliphatic heterocycles. The molecule has 0 unspecified atom stereocenters. The van der Waals surface area contributed by atoms with Crippen LogP contribution >= 0.6 is 11.6 Å². The zero-order chi connectivity index (χ0) is 22.9. The number of carbonyl (C=O) groups excluding carboxylic acids is 2. The second-order valence-corrected chi connectivity index (χ2v) is 10.2. The molecule has 32 heavy (non-hydrogen) atoms. The number of benzene rings is 1. The molecule has 7 heteroatoms. The summed E-state index contributed by atoms with van der Waals surface area (Å²) in [5.74, 6) is -0.0745. The van der Waals surface area contributed by atoms with E-state index in [2.05, 4.69) is 24.3 Å². The first-order valence-electron chi connectivity index (χ1n) is 11.7. The summed E-state index contributed by atoms with van der Waals surface area (Å²) in [6.07, 6.45) is 6.69. The number of nitrogens with one attached hydrogen (secondary N) is 1. The van der Waals surface area contributed by atoms with Crippen molar-refractivity contribution in [2.45, 2.75) is 89.9 Å². The molecule has 2 amide bonds. The van der Waals surface area contributed by atoms with E-state index in [1.165, 1.54) is 12.8 Å². The molecule has 1 fully saturated rings. The summed E-state index contributed by atoms with van der Waals surface area (Å²) in [5, 5.41) is 8.56. The van der Waals surface area contributed by atoms with E-state index in [1.807, 2.05) is 37.3 Å². The van der Waals surface area contributed by atoms with E-state index in [1.54, 1.807) is 9.58 Å². The molecular weight excluding hydrogens is 424 g/mol. The number of amides is 2. The van der Waals surface area contributed by atoms with Crippen LogP contribution in [0.25, 0.3) is 0 Å². The van der Waals surface area contributed by atoms with Gasteiger partial charge in [-0.15, -0.1) is 0 Å². The molecule has 1 aromatic heterocycles. The Morgan fingerprint density at radius 3 is 2.59 bits per heavy atom. The number of hydrogen-bond acceptors (Lipinski definition) is 3. The van der Waals surface area contributed by atoms with E-state index < -0.39 is 5.54 Å². The third-order valence-electron chi connectivity index (χ3n) is 6.82. The number of carbonyl (C=O) groups is 2. The van der Waals surface area contributed by atoms with Crippen LogP contribution in [-0.2, 0) is 17.9 Å². The summed E-state index contributed by atoms with van der Waals surface area (Å²) < 4.78 is 1.72. The predicted molar refractivity (Wildman–Crippen MR) is 126 cm³/mol. The Morgan fingerprint density at radius 1 is 1.22 bits per heavy atom. The number of halogens is 1. The lowest BCUT2D eigenvalue weighted by atomic mass is 9.93. The van der Waals surface area contributed by atoms with Crippen molar-refractivity contribution in [2.24, 2.45) is 0 Å². The van der Waals surface area contributed by atoms with Gasteiger partial charge in [0.25, 0.3) is 5.91 Å². The monoisotopic (exact) mass is 456 g/mol. The molecule has 1 aliphatic carbocycles. The van der Waals surface area contributed by atoms with Gasteiger partial charge in [0, 0.05) is 17.6 Å². The van der Waals surface area contributed by atoms with Crippen molar-refractivity contribution in [3.8, 4) is 0 Å². The fourth-order valence-electron chi connectivity index (χ4n) is 4.77. The Morgan fingerprint density at radius 2 is 1.94 bits per heavy atom. The van der Waals surface area contributed by atoms with Crippen molar-refractivity contribution < 1.29 is 9.59 Å². The van der Waals surface area contributed by atoms with Crippen molar-refractivity contribution in [3.63, 3.8) is 0 Å². The van der Waals surface area contributed by atoms with E-state index in [-0.39, 0.29) is 23.8 Å². The van der Waals surface area contributed by atoms with Crippen LogP contribution in [0.5, 0.6) is 0 Å². The highest BCUT2D eigenvalue weighted by Gasteiger charge is 2.48. The van der Waals surface area contributed by atoms with E-state index in [9.17, 15) is 9.59 Å². The van der Waals surface area contributed by atoms with Crippen LogP contribution in [0, 0.1) is 0 Å². The van der Waals surface area contributed by atoms with Gasteiger partial charge in [-0.1, -0.05) is 63.3 Å². The molecule has 6 nitrogen and oxygen atoms in total. The molecule has 172 valence electrons. The molecule has 1 N–H and O–H groups in total. The number of aromatic nitrogens is 2. The highest BCUT2D eigenvalue weighted by molar-refractivity contribution is 6.30. The van der Waals surface area contributed by atoms with Crippen LogP contribution in [0.2, 0.25) is 5.02 Å². The van der Waals surface area contributed by atoms with Crippen molar-refractivity contribution in [1.29, 1.82) is 0 Å². The molecular formula is C25H33ClN4O2. The van der Waals surface area contributed by atoms with E-state index in [0.717, 1.165) is 36.9 Å². The average Bonchev–Trinajstić information content (AvgIpc) is 3.00. The van der Waals surface area contributed by atoms with E-state index in [0.29, 0.717) is 23.8 Å². The molecule has 2 heterocycles. The fraction of sp³-hybridized carbons (Fsp3) is 0.560. The molecule has 0 bridgehead atoms. The van der Waals surface area contributed by atoms with Gasteiger partial charge in [0.05, 0.1) is 12.2 Å². The van der Waals surface area contributed by atoms with Gasteiger partial charge in [-0.3, -0.25) is 14.3 Å². The SMILES string of the molecule is CC(C)c1cc2n(n1)C[C@](C)(C(=O)NC1CCCCCC1)N(Cc1cccc(Cl)c1)C2=O. The van der Waals surface area contributed by atoms with Gasteiger partial charge in [0.1, 0.15) is 11.2 Å². The van der Waals surface area contributed by atoms with Crippen molar-refractivity contribution >= 4 is 23.4 Å². The highest BCUT2D eigenvalue weighted by atomic mass is 35.5. The maximum Gasteiger partial charge on any atom is 0.273 e. The van der Waals surface area contributed by atoms with Gasteiger partial charge >= 0.3 is 0 Å². The lowest BCUT2D eigenvalue weighted by molar-refractivity contribution is -0.134. The maximum absolute atomic E-state index is 13.7. The lowest BCUT2D eigenvalue weighted by Gasteiger charge is -2.44. The van der Waals surface area contributed by atoms with Gasteiger partial charge < -0.3 is 10.2 Å². The quantitative estimate of drug-likeness (QED) is 0.649. The van der Waals surface area contributed by atoms with Crippen molar-refractivity contribution in [3.05, 3.63) is 52.3 Å². The summed E-state index contributed by atoms with van der Waals surface area (Å²) in [4.78, 5) is 29.1. The van der Waals surface area contributed by atoms with E-state index in [4.69, 9.17) is 11.6 Å². The van der Waals surface area contributed by atoms with Crippen molar-refractivity contribution in [2.75, 3.05) is 0 Å². The van der Waals surface area contributed by atoms with Gasteiger partial charge in [-0.05, 0) is 49.4 Å². The summed E-state index contributed by atoms with van der Waals surface area (Å²) in [7, 11) is 0. The molecule has 1 aromatic carbocycles. The molecule has 0 saturated heterocycles. The minimum Gasteiger partial charge on any atom is -0.351 e. The van der Waals surface area contributed by atoms with Crippen LogP contribution in [0.15, 0.2) is 30.3 Å². The number of rotatable bonds is 5. The van der Waals surface area contributed by atoms with Crippen LogP contribution < -0.4 is 5.32 Å². The molecule has 1 atom stereocenters. The topological polar surface area (TPSA) is 67.2 Å². The molecule has 0 spiro atoms. The summed E-state index contributed by atoms with van der Waals surface area (Å²) in [6.45, 7) is 6.62. The zero-order valence-corrected chi connectivity index (χ0v) is 20.0. The first-order valence-corrected chi connectivity index (χ1v) is 12.1. The van der Waals surface area contributed by atoms with Crippen molar-refractivity contribution in [1.82, 2.24) is 20.0 Å². The number of nitrogens with zero attached hydrogens (tertiary/aromatic N) is 3. The van der Waals surface area contributed by atoms with Crippen LogP contribution in [0.3, 0.4) is 0 Å². The normalized spacial score (nSPS) is 22.0. The molecule has 1 saturated carbocycles. The zero-order valence-electron chi connectivity index (χ0n) is 19.2. The number of hydrogen-bond donors (Lipinski definition) is 1.